The molecule has 1 atom stereocenters. The number of fused-ring (bicyclic) bond motifs is 1. The molecule has 1 unspecified atom stereocenters. The normalized spacial score (nSPS) is 18.6. The predicted octanol–water partition coefficient (Wildman–Crippen LogP) is 5.68. The summed E-state index contributed by atoms with van der Waals surface area (Å²) in [5, 5.41) is -0.137. The molecule has 5 rings (SSSR count). The first-order valence-corrected chi connectivity index (χ1v) is 10.8. The molecule has 0 bridgehead atoms. The molecule has 158 valence electrons. The van der Waals surface area contributed by atoms with E-state index in [0.717, 1.165) is 41.8 Å². The molecule has 2 aliphatic heterocycles. The lowest BCUT2D eigenvalue weighted by molar-refractivity contribution is 0.569. The van der Waals surface area contributed by atoms with Gasteiger partial charge in [0.2, 0.25) is 0 Å². The van der Waals surface area contributed by atoms with Crippen molar-refractivity contribution in [2.75, 3.05) is 24.5 Å². The molecule has 0 aliphatic carbocycles. The third kappa shape index (κ3) is 3.69. The second-order valence-electron chi connectivity index (χ2n) is 7.99. The van der Waals surface area contributed by atoms with Crippen molar-refractivity contribution in [1.29, 1.82) is 0 Å². The van der Waals surface area contributed by atoms with Gasteiger partial charge < -0.3 is 4.90 Å². The van der Waals surface area contributed by atoms with Crippen molar-refractivity contribution in [1.82, 2.24) is 9.97 Å². The van der Waals surface area contributed by atoms with Crippen molar-refractivity contribution in [3.8, 4) is 0 Å². The lowest BCUT2D eigenvalue weighted by Crippen LogP contribution is -2.19. The number of allylic oxidation sites excluding steroid dienone is 1. The van der Waals surface area contributed by atoms with E-state index in [0.29, 0.717) is 23.5 Å². The maximum atomic E-state index is 14.5. The standard InChI is InChI=1S/C24H21ClF2N4/c1-2-14-6-8-31(13-14)15-9-23-22(29-12-15)4-3-21(30-23)16-5-7-28-24(16)17-10-18(25)20(27)11-19(17)26/h3-5,9-12,14H,2,6-8,13H2,1H3. The highest BCUT2D eigenvalue weighted by Gasteiger charge is 2.24. The van der Waals surface area contributed by atoms with Gasteiger partial charge in [-0.05, 0) is 36.6 Å². The molecule has 0 N–H and O–H groups in total. The van der Waals surface area contributed by atoms with Gasteiger partial charge in [-0.3, -0.25) is 9.98 Å². The van der Waals surface area contributed by atoms with Crippen molar-refractivity contribution in [3.63, 3.8) is 0 Å². The Balaban J connectivity index is 1.50. The molecule has 0 amide bonds. The van der Waals surface area contributed by atoms with Crippen LogP contribution in [0.4, 0.5) is 14.5 Å². The Kier molecular flexibility index (Phi) is 5.18. The van der Waals surface area contributed by atoms with Gasteiger partial charge >= 0.3 is 0 Å². The van der Waals surface area contributed by atoms with Gasteiger partial charge in [-0.2, -0.15) is 0 Å². The molecule has 1 aromatic carbocycles. The van der Waals surface area contributed by atoms with E-state index in [-0.39, 0.29) is 10.6 Å². The highest BCUT2D eigenvalue weighted by atomic mass is 35.5. The van der Waals surface area contributed by atoms with Gasteiger partial charge in [0, 0.05) is 30.3 Å². The summed E-state index contributed by atoms with van der Waals surface area (Å²) >= 11 is 5.89. The fraction of sp³-hybridized carbons (Fsp3) is 0.292. The molecule has 31 heavy (non-hydrogen) atoms. The van der Waals surface area contributed by atoms with Crippen LogP contribution in [0.2, 0.25) is 5.02 Å². The molecule has 1 fully saturated rings. The Morgan fingerprint density at radius 2 is 2.00 bits per heavy atom. The highest BCUT2D eigenvalue weighted by molar-refractivity contribution is 6.35. The van der Waals surface area contributed by atoms with Gasteiger partial charge in [0.1, 0.15) is 11.6 Å². The van der Waals surface area contributed by atoms with Gasteiger partial charge in [-0.25, -0.2) is 13.8 Å². The van der Waals surface area contributed by atoms with Crippen LogP contribution >= 0.6 is 11.6 Å². The van der Waals surface area contributed by atoms with Crippen LogP contribution < -0.4 is 4.90 Å². The first-order chi connectivity index (χ1) is 15.0. The number of hydrogen-bond donors (Lipinski definition) is 0. The van der Waals surface area contributed by atoms with Crippen LogP contribution in [0.3, 0.4) is 0 Å². The molecule has 3 aromatic rings. The molecule has 2 aromatic heterocycles. The van der Waals surface area contributed by atoms with Crippen molar-refractivity contribution < 1.29 is 8.78 Å². The quantitative estimate of drug-likeness (QED) is 0.492. The van der Waals surface area contributed by atoms with Gasteiger partial charge in [-0.1, -0.05) is 31.0 Å². The zero-order chi connectivity index (χ0) is 21.5. The van der Waals surface area contributed by atoms with E-state index in [9.17, 15) is 8.78 Å². The van der Waals surface area contributed by atoms with Crippen molar-refractivity contribution >= 4 is 39.6 Å². The maximum absolute atomic E-state index is 14.5. The first kappa shape index (κ1) is 20.1. The number of rotatable bonds is 4. The molecular weight excluding hydrogens is 418 g/mol. The molecule has 2 aliphatic rings. The third-order valence-electron chi connectivity index (χ3n) is 6.09. The Bertz CT molecular complexity index is 1240. The van der Waals surface area contributed by atoms with Gasteiger partial charge in [0.15, 0.2) is 0 Å². The van der Waals surface area contributed by atoms with Crippen LogP contribution in [0.1, 0.15) is 31.0 Å². The maximum Gasteiger partial charge on any atom is 0.144 e. The first-order valence-electron chi connectivity index (χ1n) is 10.5. The van der Waals surface area contributed by atoms with E-state index in [2.05, 4.69) is 27.9 Å². The lowest BCUT2D eigenvalue weighted by atomic mass is 9.99. The number of aliphatic imine (C=N–C) groups is 1. The Hall–Kier alpha value is -2.86. The van der Waals surface area contributed by atoms with Crippen LogP contribution in [-0.2, 0) is 0 Å². The topological polar surface area (TPSA) is 41.4 Å². The fourth-order valence-corrected chi connectivity index (χ4v) is 4.45. The summed E-state index contributed by atoms with van der Waals surface area (Å²) in [6.45, 7) is 4.70. The number of aromatic nitrogens is 2. The average Bonchev–Trinajstić information content (AvgIpc) is 3.45. The van der Waals surface area contributed by atoms with Gasteiger partial charge in [0.05, 0.1) is 45.9 Å². The van der Waals surface area contributed by atoms with Crippen LogP contribution in [0.25, 0.3) is 16.6 Å². The third-order valence-corrected chi connectivity index (χ3v) is 6.38. The SMILES string of the molecule is CCC1CCN(c2cnc3ccc(C4=CCN=C4c4cc(Cl)c(F)cc4F)nc3c2)C1. The minimum absolute atomic E-state index is 0.137. The van der Waals surface area contributed by atoms with Crippen molar-refractivity contribution in [2.24, 2.45) is 10.9 Å². The summed E-state index contributed by atoms with van der Waals surface area (Å²) in [4.78, 5) is 16.2. The molecule has 0 spiro atoms. The number of hydrogen-bond acceptors (Lipinski definition) is 4. The van der Waals surface area contributed by atoms with E-state index < -0.39 is 11.6 Å². The van der Waals surface area contributed by atoms with Gasteiger partial charge in [-0.15, -0.1) is 0 Å². The summed E-state index contributed by atoms with van der Waals surface area (Å²) in [6.07, 6.45) is 6.17. The Labute approximate surface area is 184 Å². The van der Waals surface area contributed by atoms with E-state index in [1.807, 2.05) is 24.4 Å². The average molecular weight is 439 g/mol. The summed E-state index contributed by atoms with van der Waals surface area (Å²) < 4.78 is 28.1. The lowest BCUT2D eigenvalue weighted by Gasteiger charge is -2.18. The number of pyridine rings is 2. The highest BCUT2D eigenvalue weighted by Crippen LogP contribution is 2.30. The molecular formula is C24H21ClF2N4. The molecule has 0 saturated carbocycles. The van der Waals surface area contributed by atoms with Gasteiger partial charge in [0.25, 0.3) is 0 Å². The predicted molar refractivity (Wildman–Crippen MR) is 121 cm³/mol. The zero-order valence-electron chi connectivity index (χ0n) is 17.1. The van der Waals surface area contributed by atoms with Crippen molar-refractivity contribution in [3.05, 3.63) is 70.5 Å². The Morgan fingerprint density at radius 3 is 2.81 bits per heavy atom. The minimum Gasteiger partial charge on any atom is -0.370 e. The number of nitrogens with zero attached hydrogens (tertiary/aromatic N) is 4. The molecule has 1 saturated heterocycles. The van der Waals surface area contributed by atoms with Crippen LogP contribution in [0, 0.1) is 17.6 Å². The molecule has 0 radical (unpaired) electrons. The smallest absolute Gasteiger partial charge is 0.144 e. The van der Waals surface area contributed by atoms with Crippen molar-refractivity contribution in [2.45, 2.75) is 19.8 Å². The fourth-order valence-electron chi connectivity index (χ4n) is 4.29. The largest absolute Gasteiger partial charge is 0.370 e. The second kappa shape index (κ2) is 8.00. The number of benzene rings is 1. The van der Waals surface area contributed by atoms with E-state index >= 15 is 0 Å². The monoisotopic (exact) mass is 438 g/mol. The zero-order valence-corrected chi connectivity index (χ0v) is 17.8. The summed E-state index contributed by atoms with van der Waals surface area (Å²) in [5.74, 6) is -0.769. The van der Waals surface area contributed by atoms with E-state index in [4.69, 9.17) is 16.6 Å². The number of halogens is 3. The van der Waals surface area contributed by atoms with E-state index in [1.165, 1.54) is 18.9 Å². The number of anilines is 1. The molecule has 4 heterocycles. The summed E-state index contributed by atoms with van der Waals surface area (Å²) in [5.41, 5.74) is 4.63. The molecule has 7 heteroatoms. The molecule has 4 nitrogen and oxygen atoms in total. The second-order valence-corrected chi connectivity index (χ2v) is 8.40. The van der Waals surface area contributed by atoms with Crippen LogP contribution in [0.15, 0.2) is 47.6 Å². The van der Waals surface area contributed by atoms with Crippen LogP contribution in [0.5, 0.6) is 0 Å². The summed E-state index contributed by atoms with van der Waals surface area (Å²) in [7, 11) is 0. The van der Waals surface area contributed by atoms with Crippen LogP contribution in [-0.4, -0.2) is 35.3 Å². The summed E-state index contributed by atoms with van der Waals surface area (Å²) in [6, 6.07) is 7.90. The minimum atomic E-state index is -0.790. The Morgan fingerprint density at radius 1 is 1.13 bits per heavy atom. The van der Waals surface area contributed by atoms with E-state index in [1.54, 1.807) is 0 Å².